The largest absolute Gasteiger partial charge is 0.507 e. The number of para-hydroxylation sites is 2. The Balaban J connectivity index is 1.92. The molecule has 1 heterocycles. The van der Waals surface area contributed by atoms with Crippen LogP contribution in [0.25, 0.3) is 5.76 Å². The first-order chi connectivity index (χ1) is 18.7. The van der Waals surface area contributed by atoms with Crippen LogP contribution in [0.1, 0.15) is 31.0 Å². The summed E-state index contributed by atoms with van der Waals surface area (Å²) < 4.78 is 22.1. The number of hydrogen-bond donors (Lipinski definition) is 2. The van der Waals surface area contributed by atoms with Gasteiger partial charge < -0.3 is 29.2 Å². The van der Waals surface area contributed by atoms with E-state index in [2.05, 4.69) is 0 Å². The molecule has 1 saturated heterocycles. The van der Waals surface area contributed by atoms with Gasteiger partial charge in [0.2, 0.25) is 5.75 Å². The number of benzene rings is 3. The minimum atomic E-state index is -1.12. The fourth-order valence-electron chi connectivity index (χ4n) is 4.45. The monoisotopic (exact) mass is 533 g/mol. The van der Waals surface area contributed by atoms with Gasteiger partial charge in [0.05, 0.1) is 45.2 Å². The van der Waals surface area contributed by atoms with Crippen molar-refractivity contribution in [3.8, 4) is 28.7 Å². The number of aliphatic hydroxyl groups is 1. The van der Waals surface area contributed by atoms with Crippen LogP contribution in [0.15, 0.2) is 66.2 Å². The van der Waals surface area contributed by atoms with Gasteiger partial charge in [-0.2, -0.15) is 0 Å². The van der Waals surface area contributed by atoms with Crippen LogP contribution >= 0.6 is 0 Å². The molecule has 1 fully saturated rings. The number of phenolic OH excluding ortho intramolecular Hbond substituents is 1. The fourth-order valence-corrected chi connectivity index (χ4v) is 4.45. The summed E-state index contributed by atoms with van der Waals surface area (Å²) in [7, 11) is 4.36. The number of anilines is 1. The minimum absolute atomic E-state index is 0.106. The Bertz CT molecular complexity index is 1390. The maximum absolute atomic E-state index is 13.5. The molecule has 1 aliphatic heterocycles. The molecule has 1 aliphatic rings. The van der Waals surface area contributed by atoms with Crippen LogP contribution in [0.5, 0.6) is 28.7 Å². The first kappa shape index (κ1) is 27.4. The predicted molar refractivity (Wildman–Crippen MR) is 146 cm³/mol. The van der Waals surface area contributed by atoms with E-state index in [0.29, 0.717) is 46.6 Å². The first-order valence-electron chi connectivity index (χ1n) is 12.3. The van der Waals surface area contributed by atoms with E-state index in [-0.39, 0.29) is 22.8 Å². The van der Waals surface area contributed by atoms with Gasteiger partial charge >= 0.3 is 0 Å². The van der Waals surface area contributed by atoms with E-state index < -0.39 is 17.7 Å². The molecule has 0 aromatic heterocycles. The third-order valence-corrected chi connectivity index (χ3v) is 6.30. The van der Waals surface area contributed by atoms with Crippen molar-refractivity contribution in [1.82, 2.24) is 0 Å². The van der Waals surface area contributed by atoms with E-state index in [9.17, 15) is 19.8 Å². The zero-order chi connectivity index (χ0) is 28.3. The molecule has 3 aromatic carbocycles. The van der Waals surface area contributed by atoms with Crippen molar-refractivity contribution in [3.05, 3.63) is 77.4 Å². The summed E-state index contributed by atoms with van der Waals surface area (Å²) in [6, 6.07) is 14.9. The summed E-state index contributed by atoms with van der Waals surface area (Å²) in [6.07, 6.45) is 0. The number of aliphatic hydroxyl groups excluding tert-OH is 1. The number of ketones is 1. The number of carbonyl (C=O) groups is 2. The number of Topliss-reactive ketones (excluding diaryl/α,β-unsaturated/α-hetero) is 1. The number of rotatable bonds is 9. The minimum Gasteiger partial charge on any atom is -0.507 e. The lowest BCUT2D eigenvalue weighted by Gasteiger charge is -2.27. The number of amides is 1. The average Bonchev–Trinajstić information content (AvgIpc) is 3.20. The third-order valence-electron chi connectivity index (χ3n) is 6.30. The van der Waals surface area contributed by atoms with Crippen LogP contribution in [0.3, 0.4) is 0 Å². The SMILES string of the molecule is COc1cc(C2/C(=C(\O)c3ccc(OCC(C)C)cc3)C(=O)C(=O)N2c2ccccc2O)cc(OC)c1OC. The Labute approximate surface area is 226 Å². The molecule has 39 heavy (non-hydrogen) atoms. The summed E-state index contributed by atoms with van der Waals surface area (Å²) in [4.78, 5) is 28.1. The van der Waals surface area contributed by atoms with Crippen LogP contribution in [0, 0.1) is 5.92 Å². The lowest BCUT2D eigenvalue weighted by Crippen LogP contribution is -2.29. The molecule has 0 spiro atoms. The molecular weight excluding hydrogens is 502 g/mol. The maximum atomic E-state index is 13.5. The van der Waals surface area contributed by atoms with Crippen molar-refractivity contribution in [2.24, 2.45) is 5.92 Å². The molecule has 9 nitrogen and oxygen atoms in total. The lowest BCUT2D eigenvalue weighted by atomic mass is 9.94. The molecule has 9 heteroatoms. The van der Waals surface area contributed by atoms with Crippen molar-refractivity contribution in [1.29, 1.82) is 0 Å². The highest BCUT2D eigenvalue weighted by Gasteiger charge is 2.48. The van der Waals surface area contributed by atoms with E-state index in [1.165, 1.54) is 33.5 Å². The molecule has 2 N–H and O–H groups in total. The van der Waals surface area contributed by atoms with Crippen molar-refractivity contribution < 1.29 is 38.7 Å². The number of ether oxygens (including phenoxy) is 4. The van der Waals surface area contributed by atoms with Crippen LogP contribution in [0.2, 0.25) is 0 Å². The van der Waals surface area contributed by atoms with Gasteiger partial charge in [0.1, 0.15) is 17.3 Å². The molecule has 0 aliphatic carbocycles. The fraction of sp³-hybridized carbons (Fsp3) is 0.267. The Morgan fingerprint density at radius 2 is 1.54 bits per heavy atom. The third kappa shape index (κ3) is 5.20. The van der Waals surface area contributed by atoms with E-state index in [4.69, 9.17) is 18.9 Å². The zero-order valence-corrected chi connectivity index (χ0v) is 22.4. The van der Waals surface area contributed by atoms with Gasteiger partial charge in [0.15, 0.2) is 11.5 Å². The molecule has 4 rings (SSSR count). The number of phenols is 1. The van der Waals surface area contributed by atoms with Gasteiger partial charge in [-0.05, 0) is 60.0 Å². The highest BCUT2D eigenvalue weighted by atomic mass is 16.5. The maximum Gasteiger partial charge on any atom is 0.300 e. The highest BCUT2D eigenvalue weighted by Crippen LogP contribution is 2.48. The second-order valence-electron chi connectivity index (χ2n) is 9.35. The lowest BCUT2D eigenvalue weighted by molar-refractivity contribution is -0.132. The summed E-state index contributed by atoms with van der Waals surface area (Å²) in [5.74, 6) is -0.548. The van der Waals surface area contributed by atoms with Gasteiger partial charge in [-0.15, -0.1) is 0 Å². The van der Waals surface area contributed by atoms with Gasteiger partial charge in [-0.25, -0.2) is 0 Å². The number of methoxy groups -OCH3 is 3. The second kappa shape index (κ2) is 11.4. The zero-order valence-electron chi connectivity index (χ0n) is 22.4. The quantitative estimate of drug-likeness (QED) is 0.222. The normalized spacial score (nSPS) is 16.5. The Morgan fingerprint density at radius 3 is 2.08 bits per heavy atom. The van der Waals surface area contributed by atoms with Crippen molar-refractivity contribution in [2.45, 2.75) is 19.9 Å². The smallest absolute Gasteiger partial charge is 0.300 e. The molecule has 1 amide bonds. The molecule has 0 saturated carbocycles. The van der Waals surface area contributed by atoms with Crippen LogP contribution in [-0.2, 0) is 9.59 Å². The van der Waals surface area contributed by atoms with E-state index in [1.807, 2.05) is 13.8 Å². The summed E-state index contributed by atoms with van der Waals surface area (Å²) in [6.45, 7) is 4.60. The summed E-state index contributed by atoms with van der Waals surface area (Å²) in [5.41, 5.74) is 0.660. The second-order valence-corrected chi connectivity index (χ2v) is 9.35. The first-order valence-corrected chi connectivity index (χ1v) is 12.3. The molecule has 204 valence electrons. The topological polar surface area (TPSA) is 115 Å². The molecule has 3 aromatic rings. The van der Waals surface area contributed by atoms with Gasteiger partial charge in [0.25, 0.3) is 11.7 Å². The Kier molecular flexibility index (Phi) is 7.99. The Morgan fingerprint density at radius 1 is 0.923 bits per heavy atom. The predicted octanol–water partition coefficient (Wildman–Crippen LogP) is 5.08. The highest BCUT2D eigenvalue weighted by molar-refractivity contribution is 6.52. The van der Waals surface area contributed by atoms with Crippen molar-refractivity contribution in [2.75, 3.05) is 32.8 Å². The number of aromatic hydroxyl groups is 1. The number of carbonyl (C=O) groups excluding carboxylic acids is 2. The van der Waals surface area contributed by atoms with Crippen LogP contribution < -0.4 is 23.8 Å². The number of hydrogen-bond acceptors (Lipinski definition) is 8. The molecule has 1 atom stereocenters. The van der Waals surface area contributed by atoms with E-state index in [0.717, 1.165) is 4.90 Å². The number of nitrogens with zero attached hydrogens (tertiary/aromatic N) is 1. The van der Waals surface area contributed by atoms with Gasteiger partial charge in [-0.3, -0.25) is 14.5 Å². The summed E-state index contributed by atoms with van der Waals surface area (Å²) in [5, 5.41) is 22.0. The molecule has 0 bridgehead atoms. The van der Waals surface area contributed by atoms with E-state index in [1.54, 1.807) is 48.5 Å². The van der Waals surface area contributed by atoms with Crippen molar-refractivity contribution >= 4 is 23.1 Å². The van der Waals surface area contributed by atoms with Gasteiger partial charge in [0, 0.05) is 5.56 Å². The standard InChI is InChI=1S/C30H31NO8/c1-17(2)16-39-20-12-10-18(11-13-20)27(33)25-26(19-14-23(36-3)29(38-5)24(15-19)37-4)31(30(35)28(25)34)21-8-6-7-9-22(21)32/h6-15,17,26,32-33H,16H2,1-5H3/b27-25+. The average molecular weight is 534 g/mol. The molecule has 0 radical (unpaired) electrons. The Hall–Kier alpha value is -4.66. The molecule has 1 unspecified atom stereocenters. The van der Waals surface area contributed by atoms with Gasteiger partial charge in [-0.1, -0.05) is 26.0 Å². The van der Waals surface area contributed by atoms with Crippen LogP contribution in [-0.4, -0.2) is 49.8 Å². The molecular formula is C30H31NO8. The summed E-state index contributed by atoms with van der Waals surface area (Å²) >= 11 is 0. The van der Waals surface area contributed by atoms with Crippen molar-refractivity contribution in [3.63, 3.8) is 0 Å². The van der Waals surface area contributed by atoms with E-state index >= 15 is 0 Å². The van der Waals surface area contributed by atoms with Crippen LogP contribution in [0.4, 0.5) is 5.69 Å².